The number of hydrogen-bond acceptors (Lipinski definition) is 3. The molecule has 8 heteroatoms. The molecule has 1 fully saturated rings. The lowest BCUT2D eigenvalue weighted by atomic mass is 10.0. The van der Waals surface area contributed by atoms with Gasteiger partial charge in [-0.3, -0.25) is 5.10 Å². The SMILES string of the molecule is O=C(N1CC(=Cc2ccc3cn[nH]c3c2)C1)N1N=CC[C@H]1c1cc(F)cc(F)c1. The number of nitrogens with zero attached hydrogens (tertiary/aromatic N) is 4. The minimum atomic E-state index is -0.664. The smallest absolute Gasteiger partial charge is 0.315 e. The van der Waals surface area contributed by atoms with Gasteiger partial charge in [-0.2, -0.15) is 10.2 Å². The van der Waals surface area contributed by atoms with E-state index >= 15 is 0 Å². The van der Waals surface area contributed by atoms with Crippen LogP contribution in [0.25, 0.3) is 17.0 Å². The minimum Gasteiger partial charge on any atom is -0.315 e. The van der Waals surface area contributed by atoms with E-state index in [4.69, 9.17) is 0 Å². The molecule has 3 heterocycles. The summed E-state index contributed by atoms with van der Waals surface area (Å²) in [6.45, 7) is 0.992. The second kappa shape index (κ2) is 6.80. The van der Waals surface area contributed by atoms with E-state index < -0.39 is 17.7 Å². The first-order valence-corrected chi connectivity index (χ1v) is 9.26. The molecule has 6 nitrogen and oxygen atoms in total. The van der Waals surface area contributed by atoms with Crippen molar-refractivity contribution in [3.8, 4) is 0 Å². The molecule has 146 valence electrons. The van der Waals surface area contributed by atoms with E-state index in [0.717, 1.165) is 28.1 Å². The Labute approximate surface area is 165 Å². The van der Waals surface area contributed by atoms with Gasteiger partial charge in [-0.05, 0) is 34.9 Å². The molecule has 2 aliphatic heterocycles. The number of amides is 2. The molecule has 29 heavy (non-hydrogen) atoms. The summed E-state index contributed by atoms with van der Waals surface area (Å²) in [4.78, 5) is 14.5. The molecule has 1 N–H and O–H groups in total. The molecule has 1 aromatic heterocycles. The fraction of sp³-hybridized carbons (Fsp3) is 0.190. The fourth-order valence-corrected chi connectivity index (χ4v) is 3.74. The number of hydrazone groups is 1. The van der Waals surface area contributed by atoms with Crippen molar-refractivity contribution in [1.29, 1.82) is 0 Å². The molecule has 5 rings (SSSR count). The number of halogens is 2. The van der Waals surface area contributed by atoms with Gasteiger partial charge in [0.2, 0.25) is 0 Å². The molecule has 0 saturated carbocycles. The van der Waals surface area contributed by atoms with Gasteiger partial charge in [-0.25, -0.2) is 18.6 Å². The first-order chi connectivity index (χ1) is 14.1. The molecular formula is C21H17F2N5O. The first-order valence-electron chi connectivity index (χ1n) is 9.26. The standard InChI is InChI=1S/C21H17F2N5O/c22-17-7-16(8-18(23)9-17)20-3-4-25-28(20)21(29)27-11-14(12-27)5-13-1-2-15-10-24-26-19(15)6-13/h1-2,4-10,20H,3,11-12H2,(H,24,26)/t20-/m0/s1. The number of urea groups is 1. The van der Waals surface area contributed by atoms with Crippen molar-refractivity contribution in [3.63, 3.8) is 0 Å². The van der Waals surface area contributed by atoms with E-state index in [-0.39, 0.29) is 6.03 Å². The van der Waals surface area contributed by atoms with Crippen molar-refractivity contribution in [2.45, 2.75) is 12.5 Å². The Morgan fingerprint density at radius 2 is 1.93 bits per heavy atom. The maximum absolute atomic E-state index is 13.6. The Hall–Kier alpha value is -3.55. The van der Waals surface area contributed by atoms with E-state index in [0.29, 0.717) is 25.1 Å². The highest BCUT2D eigenvalue weighted by Crippen LogP contribution is 2.32. The van der Waals surface area contributed by atoms with E-state index in [2.05, 4.69) is 21.4 Å². The monoisotopic (exact) mass is 393 g/mol. The summed E-state index contributed by atoms with van der Waals surface area (Å²) in [6.07, 6.45) is 5.85. The number of hydrogen-bond donors (Lipinski definition) is 1. The second-order valence-electron chi connectivity index (χ2n) is 7.25. The number of H-pyrrole nitrogens is 1. The summed E-state index contributed by atoms with van der Waals surface area (Å²) >= 11 is 0. The third-order valence-electron chi connectivity index (χ3n) is 5.19. The van der Waals surface area contributed by atoms with Crippen LogP contribution in [0.2, 0.25) is 0 Å². The normalized spacial score (nSPS) is 18.4. The Balaban J connectivity index is 1.28. The van der Waals surface area contributed by atoms with Crippen LogP contribution < -0.4 is 0 Å². The lowest BCUT2D eigenvalue weighted by molar-refractivity contribution is 0.136. The Bertz CT molecular complexity index is 1140. The largest absolute Gasteiger partial charge is 0.341 e. The molecule has 1 atom stereocenters. The van der Waals surface area contributed by atoms with Crippen molar-refractivity contribution in [1.82, 2.24) is 20.1 Å². The molecule has 3 aromatic rings. The van der Waals surface area contributed by atoms with Crippen LogP contribution in [0.3, 0.4) is 0 Å². The molecular weight excluding hydrogens is 376 g/mol. The van der Waals surface area contributed by atoms with Crippen LogP contribution in [0.4, 0.5) is 13.6 Å². The van der Waals surface area contributed by atoms with Crippen molar-refractivity contribution in [3.05, 3.63) is 70.9 Å². The highest BCUT2D eigenvalue weighted by Gasteiger charge is 2.35. The number of carbonyl (C=O) groups is 1. The van der Waals surface area contributed by atoms with Crippen LogP contribution in [-0.2, 0) is 0 Å². The Kier molecular flexibility index (Phi) is 4.12. The van der Waals surface area contributed by atoms with Gasteiger partial charge in [0.25, 0.3) is 0 Å². The summed E-state index contributed by atoms with van der Waals surface area (Å²) in [6, 6.07) is 8.56. The molecule has 0 bridgehead atoms. The van der Waals surface area contributed by atoms with Gasteiger partial charge in [0.1, 0.15) is 11.6 Å². The third-order valence-corrected chi connectivity index (χ3v) is 5.19. The molecule has 0 radical (unpaired) electrons. The zero-order valence-corrected chi connectivity index (χ0v) is 15.3. The average molecular weight is 393 g/mol. The van der Waals surface area contributed by atoms with Gasteiger partial charge in [-0.1, -0.05) is 18.2 Å². The minimum absolute atomic E-state index is 0.269. The zero-order chi connectivity index (χ0) is 20.0. The topological polar surface area (TPSA) is 64.6 Å². The van der Waals surface area contributed by atoms with Gasteiger partial charge >= 0.3 is 6.03 Å². The van der Waals surface area contributed by atoms with Crippen molar-refractivity contribution < 1.29 is 13.6 Å². The molecule has 1 saturated heterocycles. The fourth-order valence-electron chi connectivity index (χ4n) is 3.74. The number of aromatic nitrogens is 2. The molecule has 2 amide bonds. The predicted octanol–water partition coefficient (Wildman–Crippen LogP) is 4.09. The summed E-state index contributed by atoms with van der Waals surface area (Å²) in [7, 11) is 0. The Morgan fingerprint density at radius 3 is 2.72 bits per heavy atom. The van der Waals surface area contributed by atoms with E-state index in [1.165, 1.54) is 17.1 Å². The van der Waals surface area contributed by atoms with Crippen molar-refractivity contribution in [2.75, 3.05) is 13.1 Å². The first kappa shape index (κ1) is 17.5. The molecule has 0 spiro atoms. The highest BCUT2D eigenvalue weighted by atomic mass is 19.1. The summed E-state index contributed by atoms with van der Waals surface area (Å²) in [5.74, 6) is -1.33. The summed E-state index contributed by atoms with van der Waals surface area (Å²) < 4.78 is 27.1. The van der Waals surface area contributed by atoms with Crippen LogP contribution in [0, 0.1) is 11.6 Å². The van der Waals surface area contributed by atoms with Gasteiger partial charge in [0.15, 0.2) is 0 Å². The third kappa shape index (κ3) is 3.26. The maximum atomic E-state index is 13.6. The number of rotatable bonds is 2. The van der Waals surface area contributed by atoms with Crippen LogP contribution in [0.5, 0.6) is 0 Å². The predicted molar refractivity (Wildman–Crippen MR) is 105 cm³/mol. The Morgan fingerprint density at radius 1 is 1.14 bits per heavy atom. The average Bonchev–Trinajstić information content (AvgIpc) is 3.31. The lowest BCUT2D eigenvalue weighted by Gasteiger charge is -2.37. The lowest BCUT2D eigenvalue weighted by Crippen LogP contribution is -2.49. The molecule has 0 aliphatic carbocycles. The van der Waals surface area contributed by atoms with Crippen LogP contribution >= 0.6 is 0 Å². The van der Waals surface area contributed by atoms with Crippen LogP contribution in [-0.4, -0.2) is 45.4 Å². The van der Waals surface area contributed by atoms with E-state index in [1.807, 2.05) is 18.2 Å². The number of carbonyl (C=O) groups excluding carboxylic acids is 1. The summed E-state index contributed by atoms with van der Waals surface area (Å²) in [5.41, 5.74) is 3.52. The maximum Gasteiger partial charge on any atom is 0.341 e. The van der Waals surface area contributed by atoms with Gasteiger partial charge in [0, 0.05) is 37.2 Å². The van der Waals surface area contributed by atoms with Crippen LogP contribution in [0.1, 0.15) is 23.6 Å². The number of aromatic amines is 1. The van der Waals surface area contributed by atoms with E-state index in [9.17, 15) is 13.6 Å². The molecule has 2 aliphatic rings. The second-order valence-corrected chi connectivity index (χ2v) is 7.25. The highest BCUT2D eigenvalue weighted by molar-refractivity contribution is 5.83. The van der Waals surface area contributed by atoms with Crippen molar-refractivity contribution in [2.24, 2.45) is 5.10 Å². The van der Waals surface area contributed by atoms with Gasteiger partial charge in [0.05, 0.1) is 17.8 Å². The van der Waals surface area contributed by atoms with E-state index in [1.54, 1.807) is 17.3 Å². The summed E-state index contributed by atoms with van der Waals surface area (Å²) in [5, 5.41) is 13.4. The molecule has 2 aromatic carbocycles. The number of likely N-dealkylation sites (tertiary alicyclic amines) is 1. The van der Waals surface area contributed by atoms with Crippen LogP contribution in [0.15, 0.2) is 53.3 Å². The number of fused-ring (bicyclic) bond motifs is 1. The van der Waals surface area contributed by atoms with Gasteiger partial charge in [-0.15, -0.1) is 0 Å². The van der Waals surface area contributed by atoms with Gasteiger partial charge < -0.3 is 4.90 Å². The van der Waals surface area contributed by atoms with Crippen molar-refractivity contribution >= 4 is 29.2 Å². The molecule has 0 unspecified atom stereocenters. The number of benzene rings is 2. The quantitative estimate of drug-likeness (QED) is 0.713. The zero-order valence-electron chi connectivity index (χ0n) is 15.3. The number of nitrogens with one attached hydrogen (secondary N) is 1.